The average Bonchev–Trinajstić information content (AvgIpc) is 2.73. The van der Waals surface area contributed by atoms with E-state index in [0.29, 0.717) is 6.10 Å². The van der Waals surface area contributed by atoms with Crippen LogP contribution in [-0.2, 0) is 11.8 Å². The van der Waals surface area contributed by atoms with Gasteiger partial charge in [-0.05, 0) is 25.5 Å². The van der Waals surface area contributed by atoms with E-state index in [1.54, 1.807) is 0 Å². The van der Waals surface area contributed by atoms with Crippen LogP contribution < -0.4 is 4.90 Å². The van der Waals surface area contributed by atoms with Gasteiger partial charge in [-0.3, -0.25) is 0 Å². The van der Waals surface area contributed by atoms with Crippen LogP contribution in [-0.4, -0.2) is 35.4 Å². The van der Waals surface area contributed by atoms with Crippen LogP contribution in [0.15, 0.2) is 18.5 Å². The molecule has 0 amide bonds. The second kappa shape index (κ2) is 4.28. The van der Waals surface area contributed by atoms with Crippen LogP contribution in [0.25, 0.3) is 11.0 Å². The number of pyridine rings is 1. The number of fused-ring (bicyclic) bond motifs is 1. The summed E-state index contributed by atoms with van der Waals surface area (Å²) in [6, 6.07) is 2.14. The van der Waals surface area contributed by atoms with Gasteiger partial charge in [0, 0.05) is 31.7 Å². The van der Waals surface area contributed by atoms with Crippen LogP contribution in [0, 0.1) is 6.92 Å². The van der Waals surface area contributed by atoms with Crippen molar-refractivity contribution in [2.45, 2.75) is 20.0 Å². The second-order valence-corrected chi connectivity index (χ2v) is 5.06. The van der Waals surface area contributed by atoms with Crippen molar-refractivity contribution in [1.29, 1.82) is 0 Å². The third kappa shape index (κ3) is 1.77. The standard InChI is InChI=1S/C14H19N3O/c1-10-9-17(6-7-18-10)13-8-15-14-12(11(13)2)4-5-16(14)3/h4-5,8,10H,6-7,9H2,1-3H3. The highest BCUT2D eigenvalue weighted by Crippen LogP contribution is 2.27. The molecule has 0 aliphatic carbocycles. The van der Waals surface area contributed by atoms with E-state index in [1.165, 1.54) is 16.6 Å². The maximum Gasteiger partial charge on any atom is 0.139 e. The van der Waals surface area contributed by atoms with E-state index in [1.807, 2.05) is 13.2 Å². The van der Waals surface area contributed by atoms with Gasteiger partial charge >= 0.3 is 0 Å². The number of rotatable bonds is 1. The Balaban J connectivity index is 2.04. The highest BCUT2D eigenvalue weighted by Gasteiger charge is 2.19. The number of anilines is 1. The quantitative estimate of drug-likeness (QED) is 0.771. The molecule has 0 saturated carbocycles. The SMILES string of the molecule is Cc1c(N2CCOC(C)C2)cnc2c1ccn2C. The fourth-order valence-electron chi connectivity index (χ4n) is 2.69. The van der Waals surface area contributed by atoms with Crippen molar-refractivity contribution in [2.24, 2.45) is 7.05 Å². The highest BCUT2D eigenvalue weighted by atomic mass is 16.5. The molecule has 1 fully saturated rings. The fraction of sp³-hybridized carbons (Fsp3) is 0.500. The van der Waals surface area contributed by atoms with E-state index in [-0.39, 0.29) is 0 Å². The van der Waals surface area contributed by atoms with Crippen molar-refractivity contribution >= 4 is 16.7 Å². The van der Waals surface area contributed by atoms with Gasteiger partial charge in [-0.2, -0.15) is 0 Å². The first-order valence-electron chi connectivity index (χ1n) is 6.44. The lowest BCUT2D eigenvalue weighted by Gasteiger charge is -2.33. The maximum absolute atomic E-state index is 5.59. The molecule has 0 spiro atoms. The summed E-state index contributed by atoms with van der Waals surface area (Å²) in [5.74, 6) is 0. The minimum Gasteiger partial charge on any atom is -0.375 e. The van der Waals surface area contributed by atoms with E-state index < -0.39 is 0 Å². The van der Waals surface area contributed by atoms with Crippen molar-refractivity contribution in [2.75, 3.05) is 24.6 Å². The number of aromatic nitrogens is 2. The van der Waals surface area contributed by atoms with Gasteiger partial charge in [0.05, 0.1) is 24.6 Å². The molecule has 3 rings (SSSR count). The van der Waals surface area contributed by atoms with E-state index in [9.17, 15) is 0 Å². The Morgan fingerprint density at radius 3 is 3.06 bits per heavy atom. The Morgan fingerprint density at radius 2 is 2.28 bits per heavy atom. The Labute approximate surface area is 107 Å². The summed E-state index contributed by atoms with van der Waals surface area (Å²) < 4.78 is 7.66. The molecule has 2 aromatic heterocycles. The molecule has 0 bridgehead atoms. The molecule has 0 N–H and O–H groups in total. The first-order chi connectivity index (χ1) is 8.66. The Morgan fingerprint density at radius 1 is 1.44 bits per heavy atom. The third-order valence-corrected chi connectivity index (χ3v) is 3.72. The summed E-state index contributed by atoms with van der Waals surface area (Å²) >= 11 is 0. The zero-order chi connectivity index (χ0) is 12.7. The van der Waals surface area contributed by atoms with Crippen LogP contribution in [0.5, 0.6) is 0 Å². The minimum absolute atomic E-state index is 0.296. The van der Waals surface area contributed by atoms with Gasteiger partial charge in [0.2, 0.25) is 0 Å². The Bertz CT molecular complexity index is 576. The minimum atomic E-state index is 0.296. The molecule has 18 heavy (non-hydrogen) atoms. The number of morpholine rings is 1. The summed E-state index contributed by atoms with van der Waals surface area (Å²) in [5.41, 5.74) is 3.61. The average molecular weight is 245 g/mol. The van der Waals surface area contributed by atoms with Crippen molar-refractivity contribution in [3.8, 4) is 0 Å². The van der Waals surface area contributed by atoms with Crippen molar-refractivity contribution in [3.63, 3.8) is 0 Å². The first-order valence-corrected chi connectivity index (χ1v) is 6.44. The highest BCUT2D eigenvalue weighted by molar-refractivity contribution is 5.84. The van der Waals surface area contributed by atoms with Crippen LogP contribution in [0.3, 0.4) is 0 Å². The summed E-state index contributed by atoms with van der Waals surface area (Å²) in [7, 11) is 2.03. The van der Waals surface area contributed by atoms with Gasteiger partial charge in [-0.15, -0.1) is 0 Å². The van der Waals surface area contributed by atoms with Crippen LogP contribution >= 0.6 is 0 Å². The van der Waals surface area contributed by atoms with Crippen LogP contribution in [0.2, 0.25) is 0 Å². The zero-order valence-corrected chi connectivity index (χ0v) is 11.2. The van der Waals surface area contributed by atoms with E-state index in [2.05, 4.69) is 40.6 Å². The lowest BCUT2D eigenvalue weighted by Crippen LogP contribution is -2.41. The fourth-order valence-corrected chi connectivity index (χ4v) is 2.69. The lowest BCUT2D eigenvalue weighted by atomic mass is 10.1. The Hall–Kier alpha value is -1.55. The van der Waals surface area contributed by atoms with E-state index >= 15 is 0 Å². The number of hydrogen-bond acceptors (Lipinski definition) is 3. The molecule has 1 unspecified atom stereocenters. The summed E-state index contributed by atoms with van der Waals surface area (Å²) in [5, 5.41) is 1.24. The topological polar surface area (TPSA) is 30.3 Å². The molecule has 1 saturated heterocycles. The smallest absolute Gasteiger partial charge is 0.139 e. The molecule has 0 radical (unpaired) electrons. The molecule has 96 valence electrons. The van der Waals surface area contributed by atoms with Crippen molar-refractivity contribution < 1.29 is 4.74 Å². The second-order valence-electron chi connectivity index (χ2n) is 5.06. The maximum atomic E-state index is 5.59. The number of ether oxygens (including phenoxy) is 1. The predicted molar refractivity (Wildman–Crippen MR) is 73.1 cm³/mol. The molecule has 4 heteroatoms. The van der Waals surface area contributed by atoms with Crippen molar-refractivity contribution in [3.05, 3.63) is 24.0 Å². The molecule has 1 atom stereocenters. The normalized spacial score (nSPS) is 20.6. The zero-order valence-electron chi connectivity index (χ0n) is 11.2. The molecule has 1 aliphatic rings. The van der Waals surface area contributed by atoms with Gasteiger partial charge in [0.15, 0.2) is 0 Å². The molecular formula is C14H19N3O. The van der Waals surface area contributed by atoms with Gasteiger partial charge < -0.3 is 14.2 Å². The van der Waals surface area contributed by atoms with Crippen molar-refractivity contribution in [1.82, 2.24) is 9.55 Å². The Kier molecular flexibility index (Phi) is 2.74. The molecule has 2 aromatic rings. The molecule has 3 heterocycles. The molecule has 4 nitrogen and oxygen atoms in total. The van der Waals surface area contributed by atoms with E-state index in [4.69, 9.17) is 4.74 Å². The number of nitrogens with zero attached hydrogens (tertiary/aromatic N) is 3. The first kappa shape index (κ1) is 11.5. The largest absolute Gasteiger partial charge is 0.375 e. The monoisotopic (exact) mass is 245 g/mol. The van der Waals surface area contributed by atoms with Gasteiger partial charge in [0.25, 0.3) is 0 Å². The number of aryl methyl sites for hydroxylation is 2. The summed E-state index contributed by atoms with van der Waals surface area (Å²) in [4.78, 5) is 6.96. The summed E-state index contributed by atoms with van der Waals surface area (Å²) in [6.07, 6.45) is 4.36. The van der Waals surface area contributed by atoms with Gasteiger partial charge in [0.1, 0.15) is 5.65 Å². The van der Waals surface area contributed by atoms with Gasteiger partial charge in [-0.25, -0.2) is 4.98 Å². The predicted octanol–water partition coefficient (Wildman–Crippen LogP) is 2.11. The molecule has 0 aromatic carbocycles. The lowest BCUT2D eigenvalue weighted by molar-refractivity contribution is 0.0532. The number of hydrogen-bond donors (Lipinski definition) is 0. The van der Waals surface area contributed by atoms with Crippen LogP contribution in [0.1, 0.15) is 12.5 Å². The third-order valence-electron chi connectivity index (χ3n) is 3.72. The van der Waals surface area contributed by atoms with E-state index in [0.717, 1.165) is 25.3 Å². The van der Waals surface area contributed by atoms with Gasteiger partial charge in [-0.1, -0.05) is 0 Å². The molecule has 1 aliphatic heterocycles. The molecular weight excluding hydrogens is 226 g/mol. The summed E-state index contributed by atoms with van der Waals surface area (Å²) in [6.45, 7) is 6.99. The van der Waals surface area contributed by atoms with Crippen LogP contribution in [0.4, 0.5) is 5.69 Å².